The molecule has 1 N–H and O–H groups in total. The van der Waals surface area contributed by atoms with Crippen LogP contribution in [0.15, 0.2) is 42.5 Å². The highest BCUT2D eigenvalue weighted by atomic mass is 35.7. The molecule has 130 valence electrons. The van der Waals surface area contributed by atoms with Gasteiger partial charge in [0.25, 0.3) is 7.65 Å². The van der Waals surface area contributed by atoms with Gasteiger partial charge in [-0.15, -0.1) is 0 Å². The SMILES string of the molecule is CCCCOCC(C)(C=O)NP(Cl)Oc1cccc2ccccc12. The maximum atomic E-state index is 11.4. The zero-order valence-corrected chi connectivity index (χ0v) is 15.6. The first-order valence-corrected chi connectivity index (χ1v) is 10.2. The van der Waals surface area contributed by atoms with Crippen molar-refractivity contribution >= 4 is 36.0 Å². The van der Waals surface area contributed by atoms with Gasteiger partial charge in [0.1, 0.15) is 17.6 Å². The van der Waals surface area contributed by atoms with E-state index in [-0.39, 0.29) is 6.61 Å². The summed E-state index contributed by atoms with van der Waals surface area (Å²) in [7, 11) is -1.54. The van der Waals surface area contributed by atoms with Crippen LogP contribution < -0.4 is 9.61 Å². The third-order valence-electron chi connectivity index (χ3n) is 3.58. The zero-order valence-electron chi connectivity index (χ0n) is 14.0. The molecule has 0 spiro atoms. The van der Waals surface area contributed by atoms with Gasteiger partial charge >= 0.3 is 0 Å². The number of carbonyl (C=O) groups excluding carboxylic acids is 1. The Morgan fingerprint density at radius 3 is 2.75 bits per heavy atom. The van der Waals surface area contributed by atoms with Crippen LogP contribution in [0.1, 0.15) is 26.7 Å². The van der Waals surface area contributed by atoms with Gasteiger partial charge in [-0.1, -0.05) is 49.7 Å². The highest BCUT2D eigenvalue weighted by Gasteiger charge is 2.28. The van der Waals surface area contributed by atoms with E-state index in [4.69, 9.17) is 20.5 Å². The van der Waals surface area contributed by atoms with Gasteiger partial charge in [-0.2, -0.15) is 0 Å². The number of ether oxygens (including phenoxy) is 1. The Balaban J connectivity index is 2.00. The van der Waals surface area contributed by atoms with E-state index in [0.717, 1.165) is 29.9 Å². The second kappa shape index (κ2) is 9.33. The van der Waals surface area contributed by atoms with Crippen molar-refractivity contribution in [2.75, 3.05) is 13.2 Å². The molecule has 2 rings (SSSR count). The lowest BCUT2D eigenvalue weighted by atomic mass is 10.1. The Morgan fingerprint density at radius 1 is 1.25 bits per heavy atom. The Kier molecular flexibility index (Phi) is 7.44. The Hall–Kier alpha value is -1.19. The summed E-state index contributed by atoms with van der Waals surface area (Å²) in [5.41, 5.74) is -0.869. The highest BCUT2D eigenvalue weighted by Crippen LogP contribution is 2.43. The molecule has 0 aliphatic heterocycles. The molecule has 4 nitrogen and oxygen atoms in total. The number of carbonyl (C=O) groups is 1. The smallest absolute Gasteiger partial charge is 0.264 e. The minimum Gasteiger partial charge on any atom is -0.444 e. The third-order valence-corrected chi connectivity index (χ3v) is 5.08. The van der Waals surface area contributed by atoms with Crippen molar-refractivity contribution in [2.45, 2.75) is 32.2 Å². The molecule has 6 heteroatoms. The molecule has 0 radical (unpaired) electrons. The fourth-order valence-corrected chi connectivity index (χ4v) is 3.91. The first-order valence-electron chi connectivity index (χ1n) is 8.01. The topological polar surface area (TPSA) is 47.6 Å². The number of halogens is 1. The summed E-state index contributed by atoms with van der Waals surface area (Å²) < 4.78 is 11.4. The molecule has 0 fully saturated rings. The molecule has 0 saturated carbocycles. The molecule has 2 aromatic rings. The van der Waals surface area contributed by atoms with Crippen LogP contribution in [0.2, 0.25) is 0 Å². The zero-order chi connectivity index (χ0) is 17.4. The molecule has 0 aliphatic rings. The summed E-state index contributed by atoms with van der Waals surface area (Å²) >= 11 is 6.34. The van der Waals surface area contributed by atoms with E-state index >= 15 is 0 Å². The molecule has 0 amide bonds. The van der Waals surface area contributed by atoms with Crippen LogP contribution in [0.5, 0.6) is 5.75 Å². The molecular weight excluding hydrogens is 345 g/mol. The van der Waals surface area contributed by atoms with E-state index in [1.165, 1.54) is 0 Å². The Bertz CT molecular complexity index is 664. The van der Waals surface area contributed by atoms with E-state index in [9.17, 15) is 4.79 Å². The maximum Gasteiger partial charge on any atom is 0.264 e. The van der Waals surface area contributed by atoms with Gasteiger partial charge in [0.05, 0.1) is 6.61 Å². The van der Waals surface area contributed by atoms with Crippen molar-refractivity contribution in [1.82, 2.24) is 5.09 Å². The lowest BCUT2D eigenvalue weighted by Crippen LogP contribution is -2.45. The first-order chi connectivity index (χ1) is 11.6. The lowest BCUT2D eigenvalue weighted by molar-refractivity contribution is -0.114. The van der Waals surface area contributed by atoms with E-state index in [1.807, 2.05) is 42.5 Å². The van der Waals surface area contributed by atoms with Crippen molar-refractivity contribution in [3.05, 3.63) is 42.5 Å². The largest absolute Gasteiger partial charge is 0.444 e. The van der Waals surface area contributed by atoms with Crippen LogP contribution in [0.25, 0.3) is 10.8 Å². The van der Waals surface area contributed by atoms with Gasteiger partial charge in [0.2, 0.25) is 0 Å². The average Bonchev–Trinajstić information content (AvgIpc) is 2.59. The summed E-state index contributed by atoms with van der Waals surface area (Å²) in [5.74, 6) is 0.696. The van der Waals surface area contributed by atoms with Crippen molar-refractivity contribution < 1.29 is 14.1 Å². The number of hydrogen-bond acceptors (Lipinski definition) is 4. The number of unbranched alkanes of at least 4 members (excludes halogenated alkanes) is 1. The van der Waals surface area contributed by atoms with Gasteiger partial charge in [-0.3, -0.25) is 0 Å². The fourth-order valence-electron chi connectivity index (χ4n) is 2.21. The van der Waals surface area contributed by atoms with Crippen LogP contribution >= 0.6 is 18.9 Å². The number of hydrogen-bond donors (Lipinski definition) is 1. The van der Waals surface area contributed by atoms with Gasteiger partial charge < -0.3 is 14.1 Å². The molecule has 2 atom stereocenters. The number of rotatable bonds is 10. The van der Waals surface area contributed by atoms with Crippen molar-refractivity contribution in [1.29, 1.82) is 0 Å². The molecule has 2 unspecified atom stereocenters. The Labute approximate surface area is 149 Å². The van der Waals surface area contributed by atoms with E-state index in [1.54, 1.807) is 6.92 Å². The maximum absolute atomic E-state index is 11.4. The van der Waals surface area contributed by atoms with Crippen molar-refractivity contribution in [2.24, 2.45) is 0 Å². The monoisotopic (exact) mass is 367 g/mol. The van der Waals surface area contributed by atoms with E-state index in [2.05, 4.69) is 12.0 Å². The fraction of sp³-hybridized carbons (Fsp3) is 0.389. The first kappa shape index (κ1) is 19.1. The average molecular weight is 368 g/mol. The third kappa shape index (κ3) is 5.42. The summed E-state index contributed by atoms with van der Waals surface area (Å²) in [6.07, 6.45) is 2.85. The normalized spacial score (nSPS) is 15.0. The molecule has 24 heavy (non-hydrogen) atoms. The second-order valence-corrected chi connectivity index (χ2v) is 7.68. The minimum absolute atomic E-state index is 0.265. The summed E-state index contributed by atoms with van der Waals surface area (Å²) in [5, 5.41) is 5.12. The number of nitrogens with one attached hydrogen (secondary N) is 1. The van der Waals surface area contributed by atoms with Gasteiger partial charge in [-0.05, 0) is 36.0 Å². The van der Waals surface area contributed by atoms with Crippen molar-refractivity contribution in [3.63, 3.8) is 0 Å². The predicted molar refractivity (Wildman–Crippen MR) is 101 cm³/mol. The predicted octanol–water partition coefficient (Wildman–Crippen LogP) is 5.05. The van der Waals surface area contributed by atoms with E-state index in [0.29, 0.717) is 12.4 Å². The molecule has 0 bridgehead atoms. The minimum atomic E-state index is -1.54. The summed E-state index contributed by atoms with van der Waals surface area (Å²) in [6, 6.07) is 13.7. The van der Waals surface area contributed by atoms with Crippen molar-refractivity contribution in [3.8, 4) is 5.75 Å². The van der Waals surface area contributed by atoms with Crippen LogP contribution in [0.3, 0.4) is 0 Å². The van der Waals surface area contributed by atoms with Crippen LogP contribution in [0, 0.1) is 0 Å². The Morgan fingerprint density at radius 2 is 2.00 bits per heavy atom. The van der Waals surface area contributed by atoms with Gasteiger partial charge in [0, 0.05) is 12.0 Å². The number of benzene rings is 2. The number of aldehydes is 1. The molecule has 0 saturated heterocycles. The summed E-state index contributed by atoms with van der Waals surface area (Å²) in [4.78, 5) is 11.4. The molecular formula is C18H23ClNO3P. The standard InChI is InChI=1S/C18H23ClNO3P/c1-3-4-12-22-14-18(2,13-21)20-24(19)23-17-11-7-9-15-8-5-6-10-16(15)17/h5-11,13,20H,3-4,12,14H2,1-2H3. The lowest BCUT2D eigenvalue weighted by Gasteiger charge is -2.26. The van der Waals surface area contributed by atoms with Crippen LogP contribution in [0.4, 0.5) is 0 Å². The molecule has 0 heterocycles. The van der Waals surface area contributed by atoms with Crippen LogP contribution in [-0.4, -0.2) is 25.0 Å². The highest BCUT2D eigenvalue weighted by molar-refractivity contribution is 7.78. The number of fused-ring (bicyclic) bond motifs is 1. The van der Waals surface area contributed by atoms with Gasteiger partial charge in [-0.25, -0.2) is 5.09 Å². The molecule has 0 aromatic heterocycles. The second-order valence-electron chi connectivity index (χ2n) is 5.87. The van der Waals surface area contributed by atoms with E-state index < -0.39 is 13.2 Å². The quantitative estimate of drug-likeness (QED) is 0.363. The van der Waals surface area contributed by atoms with Crippen LogP contribution in [-0.2, 0) is 9.53 Å². The molecule has 0 aliphatic carbocycles. The molecule has 2 aromatic carbocycles. The summed E-state index contributed by atoms with van der Waals surface area (Å²) in [6.45, 7) is 4.75. The van der Waals surface area contributed by atoms with Gasteiger partial charge in [0.15, 0.2) is 0 Å².